The molecule has 0 saturated carbocycles. The molecule has 2 aromatic rings. The number of benzene rings is 1. The van der Waals surface area contributed by atoms with Crippen molar-refractivity contribution in [1.82, 2.24) is 4.98 Å². The van der Waals surface area contributed by atoms with Crippen LogP contribution in [0.2, 0.25) is 0 Å². The molecule has 22 heavy (non-hydrogen) atoms. The van der Waals surface area contributed by atoms with Crippen molar-refractivity contribution in [2.45, 2.75) is 11.8 Å². The van der Waals surface area contributed by atoms with E-state index in [1.807, 2.05) is 0 Å². The molecule has 0 aliphatic carbocycles. The maximum absolute atomic E-state index is 11.8. The lowest BCUT2D eigenvalue weighted by Crippen LogP contribution is -2.07. The molecule has 6 nitrogen and oxygen atoms in total. The van der Waals surface area contributed by atoms with E-state index in [0.29, 0.717) is 5.75 Å². The van der Waals surface area contributed by atoms with Crippen LogP contribution in [-0.2, 0) is 14.6 Å². The van der Waals surface area contributed by atoms with Gasteiger partial charge in [0.05, 0.1) is 11.5 Å². The molecule has 0 spiro atoms. The summed E-state index contributed by atoms with van der Waals surface area (Å²) in [5.74, 6) is -0.0527. The molecule has 0 unspecified atom stereocenters. The van der Waals surface area contributed by atoms with Crippen molar-refractivity contribution >= 4 is 15.8 Å². The van der Waals surface area contributed by atoms with Crippen LogP contribution in [0.4, 0.5) is 0 Å². The van der Waals surface area contributed by atoms with Crippen LogP contribution >= 0.6 is 0 Å². The third-order valence-electron chi connectivity index (χ3n) is 2.73. The highest BCUT2D eigenvalue weighted by molar-refractivity contribution is 7.90. The van der Waals surface area contributed by atoms with E-state index in [1.54, 1.807) is 19.1 Å². The maximum atomic E-state index is 11.8. The van der Waals surface area contributed by atoms with E-state index in [0.717, 1.165) is 6.26 Å². The first kappa shape index (κ1) is 16.0. The molecule has 0 atom stereocenters. The van der Waals surface area contributed by atoms with Gasteiger partial charge in [0.2, 0.25) is 5.88 Å². The largest absolute Gasteiger partial charge is 0.462 e. The first-order chi connectivity index (χ1) is 10.4. The Morgan fingerprint density at radius 1 is 1.18 bits per heavy atom. The molecule has 0 N–H and O–H groups in total. The van der Waals surface area contributed by atoms with Gasteiger partial charge in [0.15, 0.2) is 9.84 Å². The Hall–Kier alpha value is -2.41. The van der Waals surface area contributed by atoms with Crippen LogP contribution < -0.4 is 4.74 Å². The second-order valence-corrected chi connectivity index (χ2v) is 6.44. The molecule has 0 aliphatic rings. The number of carbonyl (C=O) groups excluding carboxylic acids is 1. The van der Waals surface area contributed by atoms with Crippen molar-refractivity contribution < 1.29 is 22.7 Å². The van der Waals surface area contributed by atoms with Gasteiger partial charge < -0.3 is 9.47 Å². The van der Waals surface area contributed by atoms with E-state index < -0.39 is 15.8 Å². The van der Waals surface area contributed by atoms with Crippen molar-refractivity contribution in [2.24, 2.45) is 0 Å². The highest BCUT2D eigenvalue weighted by Crippen LogP contribution is 2.24. The van der Waals surface area contributed by atoms with Gasteiger partial charge in [-0.2, -0.15) is 0 Å². The first-order valence-corrected chi connectivity index (χ1v) is 8.41. The number of carbonyl (C=O) groups is 1. The fourth-order valence-corrected chi connectivity index (χ4v) is 2.33. The van der Waals surface area contributed by atoms with Gasteiger partial charge in [0.25, 0.3) is 0 Å². The Bertz CT molecular complexity index is 769. The molecule has 0 radical (unpaired) electrons. The van der Waals surface area contributed by atoms with E-state index in [-0.39, 0.29) is 22.9 Å². The van der Waals surface area contributed by atoms with Gasteiger partial charge in [0, 0.05) is 12.5 Å². The van der Waals surface area contributed by atoms with Gasteiger partial charge in [-0.3, -0.25) is 0 Å². The number of hydrogen-bond acceptors (Lipinski definition) is 6. The van der Waals surface area contributed by atoms with Crippen LogP contribution in [0.5, 0.6) is 11.6 Å². The second kappa shape index (κ2) is 6.57. The number of ether oxygens (including phenoxy) is 2. The number of sulfone groups is 1. The minimum atomic E-state index is -3.27. The lowest BCUT2D eigenvalue weighted by molar-refractivity contribution is 0.0522. The average Bonchev–Trinajstić information content (AvgIpc) is 2.47. The molecule has 0 saturated heterocycles. The normalized spacial score (nSPS) is 11.0. The summed E-state index contributed by atoms with van der Waals surface area (Å²) in [4.78, 5) is 16.0. The molecule has 1 aromatic carbocycles. The zero-order valence-corrected chi connectivity index (χ0v) is 13.0. The molecule has 0 fully saturated rings. The van der Waals surface area contributed by atoms with Gasteiger partial charge in [0.1, 0.15) is 11.3 Å². The third kappa shape index (κ3) is 3.82. The van der Waals surface area contributed by atoms with Crippen molar-refractivity contribution in [3.63, 3.8) is 0 Å². The SMILES string of the molecule is CCOC(=O)c1cccnc1Oc1ccc(S(C)(=O)=O)cc1. The van der Waals surface area contributed by atoms with Gasteiger partial charge in [-0.15, -0.1) is 0 Å². The van der Waals surface area contributed by atoms with Gasteiger partial charge in [-0.1, -0.05) is 0 Å². The maximum Gasteiger partial charge on any atom is 0.343 e. The summed E-state index contributed by atoms with van der Waals surface area (Å²) in [6, 6.07) is 9.01. The number of esters is 1. The molecule has 7 heteroatoms. The molecule has 1 aromatic heterocycles. The zero-order chi connectivity index (χ0) is 16.2. The Morgan fingerprint density at radius 2 is 1.86 bits per heavy atom. The summed E-state index contributed by atoms with van der Waals surface area (Å²) in [7, 11) is -3.27. The molecule has 2 rings (SSSR count). The predicted molar refractivity (Wildman–Crippen MR) is 79.8 cm³/mol. The highest BCUT2D eigenvalue weighted by atomic mass is 32.2. The van der Waals surface area contributed by atoms with Crippen LogP contribution in [-0.4, -0.2) is 32.2 Å². The minimum Gasteiger partial charge on any atom is -0.462 e. The summed E-state index contributed by atoms with van der Waals surface area (Å²) in [6.45, 7) is 1.95. The van der Waals surface area contributed by atoms with Crippen LogP contribution in [0.15, 0.2) is 47.5 Å². The number of aromatic nitrogens is 1. The summed E-state index contributed by atoms with van der Waals surface area (Å²) in [5, 5.41) is 0. The van der Waals surface area contributed by atoms with Crippen molar-refractivity contribution in [2.75, 3.05) is 12.9 Å². The molecule has 116 valence electrons. The lowest BCUT2D eigenvalue weighted by Gasteiger charge is -2.09. The van der Waals surface area contributed by atoms with E-state index in [9.17, 15) is 13.2 Å². The Balaban J connectivity index is 2.26. The van der Waals surface area contributed by atoms with Crippen LogP contribution in [0, 0.1) is 0 Å². The molecular formula is C15H15NO5S. The molecule has 0 amide bonds. The minimum absolute atomic E-state index is 0.105. The molecular weight excluding hydrogens is 306 g/mol. The average molecular weight is 321 g/mol. The standard InChI is InChI=1S/C15H15NO5S/c1-3-20-15(17)13-5-4-10-16-14(13)21-11-6-8-12(9-7-11)22(2,18)19/h4-10H,3H2,1-2H3. The summed E-state index contributed by atoms with van der Waals surface area (Å²) in [5.41, 5.74) is 0.205. The van der Waals surface area contributed by atoms with E-state index in [4.69, 9.17) is 9.47 Å². The van der Waals surface area contributed by atoms with Gasteiger partial charge in [-0.25, -0.2) is 18.2 Å². The molecule has 0 bridgehead atoms. The van der Waals surface area contributed by atoms with Gasteiger partial charge in [-0.05, 0) is 43.3 Å². The number of hydrogen-bond donors (Lipinski definition) is 0. The Morgan fingerprint density at radius 3 is 2.45 bits per heavy atom. The predicted octanol–water partition coefficient (Wildman–Crippen LogP) is 2.45. The zero-order valence-electron chi connectivity index (χ0n) is 12.1. The molecule has 0 aliphatic heterocycles. The molecule has 1 heterocycles. The monoisotopic (exact) mass is 321 g/mol. The number of nitrogens with zero attached hydrogens (tertiary/aromatic N) is 1. The first-order valence-electron chi connectivity index (χ1n) is 6.52. The van der Waals surface area contributed by atoms with Crippen molar-refractivity contribution in [1.29, 1.82) is 0 Å². The second-order valence-electron chi connectivity index (χ2n) is 4.42. The van der Waals surface area contributed by atoms with E-state index >= 15 is 0 Å². The number of pyridine rings is 1. The third-order valence-corrected chi connectivity index (χ3v) is 3.86. The van der Waals surface area contributed by atoms with Crippen LogP contribution in [0.3, 0.4) is 0 Å². The summed E-state index contributed by atoms with van der Waals surface area (Å²) >= 11 is 0. The van der Waals surface area contributed by atoms with Gasteiger partial charge >= 0.3 is 5.97 Å². The topological polar surface area (TPSA) is 82.6 Å². The fourth-order valence-electron chi connectivity index (χ4n) is 1.70. The lowest BCUT2D eigenvalue weighted by atomic mass is 10.2. The van der Waals surface area contributed by atoms with E-state index in [1.165, 1.54) is 30.5 Å². The summed E-state index contributed by atoms with van der Waals surface area (Å²) < 4.78 is 33.3. The smallest absolute Gasteiger partial charge is 0.343 e. The van der Waals surface area contributed by atoms with Crippen LogP contribution in [0.1, 0.15) is 17.3 Å². The van der Waals surface area contributed by atoms with Crippen molar-refractivity contribution in [3.8, 4) is 11.6 Å². The fraction of sp³-hybridized carbons (Fsp3) is 0.200. The van der Waals surface area contributed by atoms with Crippen molar-refractivity contribution in [3.05, 3.63) is 48.2 Å². The van der Waals surface area contributed by atoms with E-state index in [2.05, 4.69) is 4.98 Å². The Labute approximate surface area is 128 Å². The van der Waals surface area contributed by atoms with Crippen LogP contribution in [0.25, 0.3) is 0 Å². The quantitative estimate of drug-likeness (QED) is 0.787. The summed E-state index contributed by atoms with van der Waals surface area (Å²) in [6.07, 6.45) is 2.61. The Kier molecular flexibility index (Phi) is 4.77. The highest BCUT2D eigenvalue weighted by Gasteiger charge is 2.15. The number of rotatable bonds is 5.